The van der Waals surface area contributed by atoms with Crippen molar-refractivity contribution in [1.29, 1.82) is 0 Å². The molecule has 4 nitrogen and oxygen atoms in total. The van der Waals surface area contributed by atoms with Crippen LogP contribution in [0.3, 0.4) is 0 Å². The average Bonchev–Trinajstić information content (AvgIpc) is 3.70. The van der Waals surface area contributed by atoms with Crippen molar-refractivity contribution in [1.82, 2.24) is 14.5 Å². The van der Waals surface area contributed by atoms with Crippen molar-refractivity contribution >= 4 is 65.4 Å². The molecule has 0 aliphatic carbocycles. The van der Waals surface area contributed by atoms with E-state index in [9.17, 15) is 0 Å². The van der Waals surface area contributed by atoms with Crippen molar-refractivity contribution in [3.05, 3.63) is 151 Å². The number of aromatic nitrogens is 3. The van der Waals surface area contributed by atoms with Gasteiger partial charge in [-0.2, -0.15) is 0 Å². The minimum Gasteiger partial charge on any atom is -0.455 e. The third kappa shape index (κ3) is 3.53. The van der Waals surface area contributed by atoms with Crippen molar-refractivity contribution in [2.75, 3.05) is 0 Å². The normalized spacial score (nSPS) is 13.7. The molecule has 11 rings (SSSR count). The van der Waals surface area contributed by atoms with Gasteiger partial charge in [-0.3, -0.25) is 0 Å². The van der Waals surface area contributed by atoms with Gasteiger partial charge in [-0.25, -0.2) is 9.97 Å². The highest BCUT2D eigenvalue weighted by molar-refractivity contribution is 6.22. The van der Waals surface area contributed by atoms with E-state index in [4.69, 9.17) is 14.4 Å². The van der Waals surface area contributed by atoms with Gasteiger partial charge in [0, 0.05) is 43.5 Å². The molecule has 10 aromatic rings. The van der Waals surface area contributed by atoms with E-state index < -0.39 is 0 Å². The van der Waals surface area contributed by atoms with Gasteiger partial charge in [0.2, 0.25) is 0 Å². The zero-order valence-corrected chi connectivity index (χ0v) is 27.0. The first-order chi connectivity index (χ1) is 24.1. The van der Waals surface area contributed by atoms with E-state index in [2.05, 4.69) is 140 Å². The van der Waals surface area contributed by atoms with Crippen LogP contribution in [-0.2, 0) is 5.41 Å². The Morgan fingerprint density at radius 3 is 2.27 bits per heavy atom. The van der Waals surface area contributed by atoms with Crippen LogP contribution in [0.1, 0.15) is 25.0 Å². The molecule has 4 heterocycles. The monoisotopic (exact) mass is 627 g/mol. The highest BCUT2D eigenvalue weighted by atomic mass is 16.3. The molecule has 4 heteroatoms. The smallest absolute Gasteiger partial charge is 0.160 e. The molecule has 0 spiro atoms. The first kappa shape index (κ1) is 26.8. The number of para-hydroxylation sites is 4. The molecule has 1 aliphatic rings. The van der Waals surface area contributed by atoms with E-state index in [-0.39, 0.29) is 5.41 Å². The van der Waals surface area contributed by atoms with Crippen LogP contribution in [0.2, 0.25) is 0 Å². The summed E-state index contributed by atoms with van der Waals surface area (Å²) in [4.78, 5) is 10.5. The average molecular weight is 628 g/mol. The molecular formula is C45H29N3O. The minimum absolute atomic E-state index is 0.245. The van der Waals surface area contributed by atoms with E-state index >= 15 is 0 Å². The molecule has 0 bridgehead atoms. The lowest BCUT2D eigenvalue weighted by atomic mass is 9.74. The van der Waals surface area contributed by atoms with Crippen LogP contribution in [0, 0.1) is 0 Å². The Hall–Kier alpha value is -6.26. The molecule has 0 atom stereocenters. The number of furan rings is 1. The van der Waals surface area contributed by atoms with Crippen LogP contribution in [-0.4, -0.2) is 14.5 Å². The van der Waals surface area contributed by atoms with Crippen LogP contribution in [0.15, 0.2) is 144 Å². The molecule has 0 saturated heterocycles. The van der Waals surface area contributed by atoms with Gasteiger partial charge in [0.15, 0.2) is 5.82 Å². The number of nitrogens with zero attached hydrogens (tertiary/aromatic N) is 3. The summed E-state index contributed by atoms with van der Waals surface area (Å²) in [5.41, 5.74) is 11.5. The quantitative estimate of drug-likeness (QED) is 0.192. The molecular weight excluding hydrogens is 599 g/mol. The third-order valence-corrected chi connectivity index (χ3v) is 10.8. The predicted molar refractivity (Wildman–Crippen MR) is 202 cm³/mol. The Balaban J connectivity index is 1.17. The van der Waals surface area contributed by atoms with Crippen molar-refractivity contribution in [3.63, 3.8) is 0 Å². The first-order valence-corrected chi connectivity index (χ1v) is 16.8. The lowest BCUT2D eigenvalue weighted by Crippen LogP contribution is -2.26. The fourth-order valence-corrected chi connectivity index (χ4v) is 8.45. The van der Waals surface area contributed by atoms with Crippen LogP contribution in [0.4, 0.5) is 0 Å². The number of hydrogen-bond acceptors (Lipinski definition) is 3. The van der Waals surface area contributed by atoms with Crippen LogP contribution in [0.5, 0.6) is 0 Å². The van der Waals surface area contributed by atoms with Crippen LogP contribution in [0.25, 0.3) is 93.8 Å². The van der Waals surface area contributed by atoms with Crippen molar-refractivity contribution in [2.45, 2.75) is 19.3 Å². The fourth-order valence-electron chi connectivity index (χ4n) is 8.45. The summed E-state index contributed by atoms with van der Waals surface area (Å²) >= 11 is 0. The summed E-state index contributed by atoms with van der Waals surface area (Å²) in [6.07, 6.45) is 0. The molecule has 3 aromatic heterocycles. The second-order valence-corrected chi connectivity index (χ2v) is 13.8. The molecule has 0 N–H and O–H groups in total. The third-order valence-electron chi connectivity index (χ3n) is 10.8. The maximum absolute atomic E-state index is 6.49. The maximum Gasteiger partial charge on any atom is 0.160 e. The highest BCUT2D eigenvalue weighted by Crippen LogP contribution is 2.49. The predicted octanol–water partition coefficient (Wildman–Crippen LogP) is 11.8. The maximum atomic E-state index is 6.49. The van der Waals surface area contributed by atoms with Gasteiger partial charge in [0.1, 0.15) is 11.2 Å². The molecule has 0 radical (unpaired) electrons. The van der Waals surface area contributed by atoms with Crippen LogP contribution < -0.4 is 0 Å². The first-order valence-electron chi connectivity index (χ1n) is 16.8. The molecule has 0 fully saturated rings. The minimum atomic E-state index is -0.245. The SMILES string of the molecule is CC1(C)c2cc(-c3nc(-c4cccc5c4oc4ccccc45)c4ccccc4n3)ccc2-n2c3ccc4ccccc4c3c3cccc1c32. The summed E-state index contributed by atoms with van der Waals surface area (Å²) in [6.45, 7) is 4.69. The standard InChI is InChI=1S/C45H29N3O/c1-45(2)34-18-10-16-32-40-28-12-4-3-11-26(28)21-24-38(40)48(42(32)34)37-23-22-27(25-35(37)45)44-46-36-19-7-5-14-31(36)41(47-44)33-17-9-15-30-29-13-6-8-20-39(29)49-43(30)33/h3-25H,1-2H3. The van der Waals surface area contributed by atoms with Crippen molar-refractivity contribution < 1.29 is 4.42 Å². The van der Waals surface area contributed by atoms with E-state index in [1.54, 1.807) is 0 Å². The van der Waals surface area contributed by atoms with Gasteiger partial charge in [0.05, 0.1) is 27.9 Å². The Labute approximate surface area is 281 Å². The molecule has 0 unspecified atom stereocenters. The Morgan fingerprint density at radius 2 is 1.35 bits per heavy atom. The largest absolute Gasteiger partial charge is 0.455 e. The topological polar surface area (TPSA) is 43.9 Å². The lowest BCUT2D eigenvalue weighted by molar-refractivity contribution is 0.630. The second-order valence-electron chi connectivity index (χ2n) is 13.8. The van der Waals surface area contributed by atoms with E-state index in [1.807, 2.05) is 18.2 Å². The summed E-state index contributed by atoms with van der Waals surface area (Å²) in [5, 5.41) is 8.35. The van der Waals surface area contributed by atoms with Gasteiger partial charge in [-0.1, -0.05) is 111 Å². The number of hydrogen-bond donors (Lipinski definition) is 0. The van der Waals surface area contributed by atoms with Gasteiger partial charge in [-0.05, 0) is 64.4 Å². The Morgan fingerprint density at radius 1 is 0.592 bits per heavy atom. The summed E-state index contributed by atoms with van der Waals surface area (Å²) in [6, 6.07) is 49.7. The van der Waals surface area contributed by atoms with E-state index in [0.29, 0.717) is 5.82 Å². The summed E-state index contributed by atoms with van der Waals surface area (Å²) < 4.78 is 8.96. The van der Waals surface area contributed by atoms with Gasteiger partial charge >= 0.3 is 0 Å². The van der Waals surface area contributed by atoms with Gasteiger partial charge in [-0.15, -0.1) is 0 Å². The lowest BCUT2D eigenvalue weighted by Gasteiger charge is -2.35. The second kappa shape index (κ2) is 9.42. The zero-order valence-electron chi connectivity index (χ0n) is 27.0. The van der Waals surface area contributed by atoms with Crippen molar-refractivity contribution in [2.24, 2.45) is 0 Å². The summed E-state index contributed by atoms with van der Waals surface area (Å²) in [7, 11) is 0. The highest BCUT2D eigenvalue weighted by Gasteiger charge is 2.36. The molecule has 49 heavy (non-hydrogen) atoms. The molecule has 0 saturated carbocycles. The molecule has 0 amide bonds. The Bertz CT molecular complexity index is 3030. The number of rotatable bonds is 2. The Kier molecular flexibility index (Phi) is 5.15. The summed E-state index contributed by atoms with van der Waals surface area (Å²) in [5.74, 6) is 0.702. The van der Waals surface area contributed by atoms with Gasteiger partial charge < -0.3 is 8.98 Å². The molecule has 1 aliphatic heterocycles. The zero-order chi connectivity index (χ0) is 32.4. The molecule has 7 aromatic carbocycles. The molecule has 230 valence electrons. The van der Waals surface area contributed by atoms with E-state index in [1.165, 1.54) is 49.4 Å². The fraction of sp³-hybridized carbons (Fsp3) is 0.0667. The van der Waals surface area contributed by atoms with Crippen molar-refractivity contribution in [3.8, 4) is 28.3 Å². The number of benzene rings is 7. The number of fused-ring (bicyclic) bond motifs is 11. The van der Waals surface area contributed by atoms with Crippen LogP contribution >= 0.6 is 0 Å². The van der Waals surface area contributed by atoms with Gasteiger partial charge in [0.25, 0.3) is 0 Å². The van der Waals surface area contributed by atoms with E-state index in [0.717, 1.165) is 49.7 Å².